The van der Waals surface area contributed by atoms with Crippen LogP contribution < -0.4 is 10.1 Å². The number of ether oxygens (including phenoxy) is 1. The molecule has 104 valence electrons. The molecule has 0 spiro atoms. The zero-order chi connectivity index (χ0) is 14.4. The van der Waals surface area contributed by atoms with Crippen LogP contribution >= 0.6 is 11.6 Å². The molecule has 1 N–H and O–H groups in total. The summed E-state index contributed by atoms with van der Waals surface area (Å²) in [4.78, 5) is 22.8. The molecule has 0 aliphatic heterocycles. The van der Waals surface area contributed by atoms with Crippen molar-refractivity contribution in [3.63, 3.8) is 0 Å². The quantitative estimate of drug-likeness (QED) is 0.815. The van der Waals surface area contributed by atoms with Crippen LogP contribution in [0.2, 0.25) is 0 Å². The number of nitrogens with one attached hydrogen (secondary N) is 1. The molecule has 1 unspecified atom stereocenters. The SMILES string of the molecule is Cc1ccc(OCC(=O)NC(C(=O)Cl)C(C)C)cc1. The fourth-order valence-electron chi connectivity index (χ4n) is 1.48. The van der Waals surface area contributed by atoms with Gasteiger partial charge in [0.2, 0.25) is 5.24 Å². The van der Waals surface area contributed by atoms with Crippen molar-refractivity contribution >= 4 is 22.8 Å². The lowest BCUT2D eigenvalue weighted by atomic mass is 10.1. The molecule has 1 rings (SSSR count). The van der Waals surface area contributed by atoms with E-state index in [2.05, 4.69) is 5.32 Å². The number of amides is 1. The molecule has 0 saturated carbocycles. The maximum Gasteiger partial charge on any atom is 0.258 e. The van der Waals surface area contributed by atoms with Crippen LogP contribution in [0.5, 0.6) is 5.75 Å². The molecule has 0 aromatic heterocycles. The molecule has 1 amide bonds. The highest BCUT2D eigenvalue weighted by Crippen LogP contribution is 2.11. The van der Waals surface area contributed by atoms with Crippen molar-refractivity contribution in [1.29, 1.82) is 0 Å². The molecule has 0 aliphatic rings. The first-order valence-corrected chi connectivity index (χ1v) is 6.46. The van der Waals surface area contributed by atoms with Crippen molar-refractivity contribution in [3.05, 3.63) is 29.8 Å². The molecule has 0 radical (unpaired) electrons. The molecule has 1 aromatic carbocycles. The molecular weight excluding hydrogens is 266 g/mol. The molecule has 0 bridgehead atoms. The summed E-state index contributed by atoms with van der Waals surface area (Å²) in [5, 5.41) is 1.98. The minimum atomic E-state index is -0.684. The Morgan fingerprint density at radius 1 is 1.26 bits per heavy atom. The average molecular weight is 284 g/mol. The number of carbonyl (C=O) groups is 2. The highest BCUT2D eigenvalue weighted by atomic mass is 35.5. The predicted molar refractivity (Wildman–Crippen MR) is 74.3 cm³/mol. The third-order valence-corrected chi connectivity index (χ3v) is 2.85. The van der Waals surface area contributed by atoms with Crippen LogP contribution in [0.1, 0.15) is 19.4 Å². The minimum Gasteiger partial charge on any atom is -0.484 e. The highest BCUT2D eigenvalue weighted by Gasteiger charge is 2.22. The molecule has 1 aromatic rings. The van der Waals surface area contributed by atoms with Gasteiger partial charge in [-0.3, -0.25) is 9.59 Å². The molecule has 0 saturated heterocycles. The number of hydrogen-bond acceptors (Lipinski definition) is 3. The zero-order valence-electron chi connectivity index (χ0n) is 11.3. The van der Waals surface area contributed by atoms with Crippen LogP contribution in [-0.4, -0.2) is 23.8 Å². The van der Waals surface area contributed by atoms with E-state index in [9.17, 15) is 9.59 Å². The second-order valence-electron chi connectivity index (χ2n) is 4.70. The lowest BCUT2D eigenvalue weighted by molar-refractivity contribution is -0.127. The largest absolute Gasteiger partial charge is 0.484 e. The standard InChI is InChI=1S/C14H18ClNO3/c1-9(2)13(14(15)18)16-12(17)8-19-11-6-4-10(3)5-7-11/h4-7,9,13H,8H2,1-3H3,(H,16,17). The fraction of sp³-hybridized carbons (Fsp3) is 0.429. The number of halogens is 1. The van der Waals surface area contributed by atoms with E-state index in [1.54, 1.807) is 12.1 Å². The number of benzene rings is 1. The van der Waals surface area contributed by atoms with E-state index in [4.69, 9.17) is 16.3 Å². The molecule has 0 heterocycles. The first-order valence-electron chi connectivity index (χ1n) is 6.08. The molecule has 0 fully saturated rings. The van der Waals surface area contributed by atoms with Gasteiger partial charge < -0.3 is 10.1 Å². The Morgan fingerprint density at radius 2 is 1.84 bits per heavy atom. The van der Waals surface area contributed by atoms with E-state index in [0.717, 1.165) is 5.56 Å². The normalized spacial score (nSPS) is 12.1. The monoisotopic (exact) mass is 283 g/mol. The van der Waals surface area contributed by atoms with Crippen LogP contribution in [0.4, 0.5) is 0 Å². The van der Waals surface area contributed by atoms with Crippen molar-refractivity contribution < 1.29 is 14.3 Å². The summed E-state index contributed by atoms with van der Waals surface area (Å²) in [6, 6.07) is 6.68. The van der Waals surface area contributed by atoms with E-state index in [1.807, 2.05) is 32.9 Å². The Kier molecular flexibility index (Phi) is 5.83. The Labute approximate surface area is 118 Å². The molecule has 0 aliphatic carbocycles. The Hall–Kier alpha value is -1.55. The highest BCUT2D eigenvalue weighted by molar-refractivity contribution is 6.64. The lowest BCUT2D eigenvalue weighted by Gasteiger charge is -2.18. The van der Waals surface area contributed by atoms with Crippen LogP contribution in [0, 0.1) is 12.8 Å². The second-order valence-corrected chi connectivity index (χ2v) is 5.07. The third kappa shape index (κ3) is 5.30. The number of hydrogen-bond donors (Lipinski definition) is 1. The van der Waals surface area contributed by atoms with Crippen LogP contribution in [-0.2, 0) is 9.59 Å². The van der Waals surface area contributed by atoms with Gasteiger partial charge in [0.25, 0.3) is 5.91 Å². The van der Waals surface area contributed by atoms with E-state index >= 15 is 0 Å². The number of carbonyl (C=O) groups excluding carboxylic acids is 2. The predicted octanol–water partition coefficient (Wildman–Crippen LogP) is 2.28. The zero-order valence-corrected chi connectivity index (χ0v) is 12.0. The Balaban J connectivity index is 2.47. The smallest absolute Gasteiger partial charge is 0.258 e. The summed E-state index contributed by atoms with van der Waals surface area (Å²) in [5.41, 5.74) is 1.12. The van der Waals surface area contributed by atoms with E-state index < -0.39 is 11.3 Å². The van der Waals surface area contributed by atoms with Gasteiger partial charge in [-0.25, -0.2) is 0 Å². The van der Waals surface area contributed by atoms with E-state index in [-0.39, 0.29) is 18.4 Å². The van der Waals surface area contributed by atoms with Gasteiger partial charge in [-0.2, -0.15) is 0 Å². The minimum absolute atomic E-state index is 0.0617. The maximum atomic E-state index is 11.7. The van der Waals surface area contributed by atoms with Crippen molar-refractivity contribution in [2.75, 3.05) is 6.61 Å². The maximum absolute atomic E-state index is 11.7. The van der Waals surface area contributed by atoms with Gasteiger partial charge in [-0.1, -0.05) is 31.5 Å². The Bertz CT molecular complexity index is 443. The molecule has 5 heteroatoms. The van der Waals surface area contributed by atoms with Gasteiger partial charge >= 0.3 is 0 Å². The van der Waals surface area contributed by atoms with Crippen LogP contribution in [0.25, 0.3) is 0 Å². The summed E-state index contributed by atoms with van der Waals surface area (Å²) in [5.74, 6) is 0.181. The summed E-state index contributed by atoms with van der Waals surface area (Å²) in [6.45, 7) is 5.45. The lowest BCUT2D eigenvalue weighted by Crippen LogP contribution is -2.44. The van der Waals surface area contributed by atoms with Crippen LogP contribution in [0.15, 0.2) is 24.3 Å². The summed E-state index contributed by atoms with van der Waals surface area (Å²) >= 11 is 5.42. The number of aryl methyl sites for hydroxylation is 1. The topological polar surface area (TPSA) is 55.4 Å². The second kappa shape index (κ2) is 7.14. The molecule has 4 nitrogen and oxygen atoms in total. The van der Waals surface area contributed by atoms with Gasteiger partial charge in [-0.05, 0) is 36.6 Å². The first-order chi connectivity index (χ1) is 8.90. The fourth-order valence-corrected chi connectivity index (χ4v) is 1.79. The van der Waals surface area contributed by atoms with Crippen molar-refractivity contribution in [2.24, 2.45) is 5.92 Å². The van der Waals surface area contributed by atoms with Crippen LogP contribution in [0.3, 0.4) is 0 Å². The molecular formula is C14H18ClNO3. The van der Waals surface area contributed by atoms with Gasteiger partial charge in [0.05, 0.1) is 0 Å². The number of rotatable bonds is 6. The van der Waals surface area contributed by atoms with Gasteiger partial charge in [0.15, 0.2) is 6.61 Å². The van der Waals surface area contributed by atoms with Crippen molar-refractivity contribution in [1.82, 2.24) is 5.32 Å². The van der Waals surface area contributed by atoms with Crippen molar-refractivity contribution in [3.8, 4) is 5.75 Å². The summed E-state index contributed by atoms with van der Waals surface area (Å²) < 4.78 is 5.32. The van der Waals surface area contributed by atoms with E-state index in [1.165, 1.54) is 0 Å². The Morgan fingerprint density at radius 3 is 2.32 bits per heavy atom. The third-order valence-electron chi connectivity index (χ3n) is 2.62. The molecule has 1 atom stereocenters. The average Bonchev–Trinajstić information content (AvgIpc) is 2.34. The summed E-state index contributed by atoms with van der Waals surface area (Å²) in [7, 11) is 0. The molecule has 19 heavy (non-hydrogen) atoms. The summed E-state index contributed by atoms with van der Waals surface area (Å²) in [6.07, 6.45) is 0. The first kappa shape index (κ1) is 15.5. The van der Waals surface area contributed by atoms with Gasteiger partial charge in [0.1, 0.15) is 11.8 Å². The van der Waals surface area contributed by atoms with E-state index in [0.29, 0.717) is 5.75 Å². The van der Waals surface area contributed by atoms with Gasteiger partial charge in [0, 0.05) is 0 Å². The van der Waals surface area contributed by atoms with Crippen molar-refractivity contribution in [2.45, 2.75) is 26.8 Å². The van der Waals surface area contributed by atoms with Gasteiger partial charge in [-0.15, -0.1) is 0 Å².